The maximum Gasteiger partial charge on any atom is 0.185 e. The lowest BCUT2D eigenvalue weighted by Crippen LogP contribution is -2.39. The molecule has 0 saturated carbocycles. The van der Waals surface area contributed by atoms with Crippen LogP contribution in [0.2, 0.25) is 0 Å². The molecule has 1 saturated heterocycles. The number of nitrogens with two attached hydrogens (primary N) is 1. The smallest absolute Gasteiger partial charge is 0.185 e. The number of piperidine rings is 1. The molecule has 5 heteroatoms. The molecule has 0 unspecified atom stereocenters. The summed E-state index contributed by atoms with van der Waals surface area (Å²) < 4.78 is 0. The van der Waals surface area contributed by atoms with Gasteiger partial charge < -0.3 is 10.6 Å². The summed E-state index contributed by atoms with van der Waals surface area (Å²) in [7, 11) is 0. The van der Waals surface area contributed by atoms with Crippen LogP contribution in [0.25, 0.3) is 11.3 Å². The van der Waals surface area contributed by atoms with E-state index in [0.717, 1.165) is 36.8 Å². The minimum Gasteiger partial charge on any atom is -0.348 e. The lowest BCUT2D eigenvalue weighted by atomic mass is 10.1. The Balaban J connectivity index is 0.00000147. The molecule has 0 bridgehead atoms. The highest BCUT2D eigenvalue weighted by Crippen LogP contribution is 2.29. The minimum atomic E-state index is 0. The van der Waals surface area contributed by atoms with E-state index in [4.69, 9.17) is 10.7 Å². The number of thiazole rings is 1. The van der Waals surface area contributed by atoms with Crippen LogP contribution >= 0.6 is 23.7 Å². The molecule has 3 nitrogen and oxygen atoms in total. The van der Waals surface area contributed by atoms with E-state index in [-0.39, 0.29) is 12.4 Å². The maximum atomic E-state index is 5.94. The maximum absolute atomic E-state index is 5.94. The van der Waals surface area contributed by atoms with Crippen LogP contribution < -0.4 is 10.6 Å². The van der Waals surface area contributed by atoms with Crippen LogP contribution in [0.1, 0.15) is 18.4 Å². The van der Waals surface area contributed by atoms with Crippen molar-refractivity contribution in [3.63, 3.8) is 0 Å². The van der Waals surface area contributed by atoms with E-state index in [1.54, 1.807) is 11.3 Å². The van der Waals surface area contributed by atoms with Gasteiger partial charge in [0.15, 0.2) is 5.13 Å². The van der Waals surface area contributed by atoms with Crippen LogP contribution in [0.15, 0.2) is 29.6 Å². The molecule has 0 radical (unpaired) electrons. The van der Waals surface area contributed by atoms with Crippen LogP contribution in [0.4, 0.5) is 5.13 Å². The first kappa shape index (κ1) is 15.3. The van der Waals surface area contributed by atoms with Gasteiger partial charge in [-0.3, -0.25) is 0 Å². The highest BCUT2D eigenvalue weighted by molar-refractivity contribution is 7.14. The first-order valence-electron chi connectivity index (χ1n) is 6.75. The predicted octanol–water partition coefficient (Wildman–Crippen LogP) is 3.47. The molecule has 20 heavy (non-hydrogen) atoms. The van der Waals surface area contributed by atoms with E-state index < -0.39 is 0 Å². The zero-order chi connectivity index (χ0) is 13.2. The molecule has 0 amide bonds. The van der Waals surface area contributed by atoms with Crippen molar-refractivity contribution in [2.45, 2.75) is 25.8 Å². The molecule has 1 aromatic carbocycles. The van der Waals surface area contributed by atoms with E-state index in [1.807, 2.05) is 0 Å². The summed E-state index contributed by atoms with van der Waals surface area (Å²) in [6.07, 6.45) is 2.14. The second-order valence-corrected chi connectivity index (χ2v) is 6.04. The molecule has 1 aliphatic rings. The Kier molecular flexibility index (Phi) is 5.02. The summed E-state index contributed by atoms with van der Waals surface area (Å²) in [6, 6.07) is 8.91. The molecule has 1 aliphatic heterocycles. The predicted molar refractivity (Wildman–Crippen MR) is 89.0 cm³/mol. The van der Waals surface area contributed by atoms with Crippen LogP contribution in [-0.4, -0.2) is 24.1 Å². The molecule has 2 heterocycles. The normalized spacial score (nSPS) is 16.0. The zero-order valence-corrected chi connectivity index (χ0v) is 13.2. The van der Waals surface area contributed by atoms with Gasteiger partial charge in [-0.25, -0.2) is 4.98 Å². The molecule has 2 N–H and O–H groups in total. The quantitative estimate of drug-likeness (QED) is 0.923. The van der Waals surface area contributed by atoms with Gasteiger partial charge in [-0.1, -0.05) is 29.8 Å². The van der Waals surface area contributed by atoms with Crippen molar-refractivity contribution in [3.8, 4) is 11.3 Å². The van der Waals surface area contributed by atoms with Crippen LogP contribution in [0, 0.1) is 6.92 Å². The molecule has 1 aromatic heterocycles. The number of nitrogens with zero attached hydrogens (tertiary/aromatic N) is 2. The summed E-state index contributed by atoms with van der Waals surface area (Å²) in [5.74, 6) is 0. The fourth-order valence-corrected chi connectivity index (χ4v) is 3.25. The topological polar surface area (TPSA) is 42.1 Å². The average Bonchev–Trinajstić information content (AvgIpc) is 2.90. The lowest BCUT2D eigenvalue weighted by molar-refractivity contribution is 0.501. The molecule has 1 fully saturated rings. The molecule has 0 atom stereocenters. The minimum absolute atomic E-state index is 0. The summed E-state index contributed by atoms with van der Waals surface area (Å²) >= 11 is 1.73. The average molecular weight is 310 g/mol. The van der Waals surface area contributed by atoms with Crippen LogP contribution in [0.3, 0.4) is 0 Å². The van der Waals surface area contributed by atoms with Crippen LogP contribution in [-0.2, 0) is 0 Å². The van der Waals surface area contributed by atoms with Crippen molar-refractivity contribution in [3.05, 3.63) is 35.2 Å². The lowest BCUT2D eigenvalue weighted by Gasteiger charge is -2.29. The highest BCUT2D eigenvalue weighted by Gasteiger charge is 2.18. The van der Waals surface area contributed by atoms with E-state index >= 15 is 0 Å². The largest absolute Gasteiger partial charge is 0.348 e. The third kappa shape index (κ3) is 3.32. The Morgan fingerprint density at radius 1 is 1.20 bits per heavy atom. The fourth-order valence-electron chi connectivity index (χ4n) is 2.36. The summed E-state index contributed by atoms with van der Waals surface area (Å²) in [6.45, 7) is 4.16. The van der Waals surface area contributed by atoms with Crippen molar-refractivity contribution < 1.29 is 0 Å². The third-order valence-electron chi connectivity index (χ3n) is 3.65. The molecular formula is C15H20ClN3S. The van der Waals surface area contributed by atoms with Gasteiger partial charge in [0.25, 0.3) is 0 Å². The van der Waals surface area contributed by atoms with Gasteiger partial charge in [0.1, 0.15) is 0 Å². The monoisotopic (exact) mass is 309 g/mol. The molecule has 108 valence electrons. The molecule has 0 spiro atoms. The number of hydrogen-bond acceptors (Lipinski definition) is 4. The van der Waals surface area contributed by atoms with Gasteiger partial charge >= 0.3 is 0 Å². The second-order valence-electron chi connectivity index (χ2n) is 5.21. The van der Waals surface area contributed by atoms with Crippen LogP contribution in [0.5, 0.6) is 0 Å². The Morgan fingerprint density at radius 2 is 1.85 bits per heavy atom. The number of aromatic nitrogens is 1. The summed E-state index contributed by atoms with van der Waals surface area (Å²) in [5, 5.41) is 3.27. The van der Waals surface area contributed by atoms with Gasteiger partial charge in [-0.15, -0.1) is 23.7 Å². The van der Waals surface area contributed by atoms with E-state index in [9.17, 15) is 0 Å². The number of rotatable bonds is 2. The number of anilines is 1. The molecule has 3 rings (SSSR count). The molecule has 2 aromatic rings. The van der Waals surface area contributed by atoms with E-state index in [0.29, 0.717) is 6.04 Å². The zero-order valence-electron chi connectivity index (χ0n) is 11.6. The van der Waals surface area contributed by atoms with Gasteiger partial charge in [0.05, 0.1) is 5.69 Å². The number of benzene rings is 1. The van der Waals surface area contributed by atoms with Gasteiger partial charge in [-0.05, 0) is 19.8 Å². The third-order valence-corrected chi connectivity index (χ3v) is 4.55. The summed E-state index contributed by atoms with van der Waals surface area (Å²) in [5.41, 5.74) is 9.50. The molecule has 0 aliphatic carbocycles. The highest BCUT2D eigenvalue weighted by atomic mass is 35.5. The van der Waals surface area contributed by atoms with Crippen molar-refractivity contribution in [2.24, 2.45) is 5.73 Å². The second kappa shape index (κ2) is 6.57. The van der Waals surface area contributed by atoms with Gasteiger partial charge in [-0.2, -0.15) is 0 Å². The van der Waals surface area contributed by atoms with Crippen molar-refractivity contribution >= 4 is 28.9 Å². The number of hydrogen-bond donors (Lipinski definition) is 1. The van der Waals surface area contributed by atoms with Crippen molar-refractivity contribution in [1.29, 1.82) is 0 Å². The van der Waals surface area contributed by atoms with Crippen molar-refractivity contribution in [1.82, 2.24) is 4.98 Å². The standard InChI is InChI=1S/C15H19N3S.ClH/c1-11-2-4-12(5-3-11)14-10-19-15(17-14)18-8-6-13(16)7-9-18;/h2-5,10,13H,6-9,16H2,1H3;1H. The van der Waals surface area contributed by atoms with Gasteiger partial charge in [0, 0.05) is 30.1 Å². The van der Waals surface area contributed by atoms with E-state index in [2.05, 4.69) is 41.5 Å². The Morgan fingerprint density at radius 3 is 2.50 bits per heavy atom. The first-order valence-corrected chi connectivity index (χ1v) is 7.63. The Labute approximate surface area is 130 Å². The Bertz CT molecular complexity index is 545. The Hall–Kier alpha value is -1.10. The number of halogens is 1. The van der Waals surface area contributed by atoms with Crippen molar-refractivity contribution in [2.75, 3.05) is 18.0 Å². The number of aryl methyl sites for hydroxylation is 1. The van der Waals surface area contributed by atoms with Gasteiger partial charge in [0.2, 0.25) is 0 Å². The fraction of sp³-hybridized carbons (Fsp3) is 0.400. The molecular weight excluding hydrogens is 290 g/mol. The SMILES string of the molecule is Cc1ccc(-c2csc(N3CCC(N)CC3)n2)cc1.Cl. The first-order chi connectivity index (χ1) is 9.22. The summed E-state index contributed by atoms with van der Waals surface area (Å²) in [4.78, 5) is 7.12. The van der Waals surface area contributed by atoms with E-state index in [1.165, 1.54) is 11.1 Å².